The molecule has 4 heterocycles. The second-order valence-electron chi connectivity index (χ2n) is 8.57. The summed E-state index contributed by atoms with van der Waals surface area (Å²) in [6, 6.07) is 15.6. The van der Waals surface area contributed by atoms with Crippen LogP contribution in [0.1, 0.15) is 0 Å². The molecule has 0 aromatic heterocycles. The average molecular weight is 457 g/mol. The molecule has 2 aromatic rings. The SMILES string of the molecule is O=c1nc(-c2ccc(N3CCOCC3)cc2)c2c(=O)nc(-c3ccc(N4CCOCC4)cc3)c1=2. The Morgan fingerprint density at radius 1 is 0.559 bits per heavy atom. The standard InChI is InChI=1S/C26H24N4O4/c31-25-21-22(24(28-25)18-3-7-20(8-4-18)30-11-15-34-16-12-30)26(32)27-23(21)17-1-5-19(6-2-17)29-9-13-33-14-10-29/h1-8H,9-16H2. The van der Waals surface area contributed by atoms with Gasteiger partial charge in [0.05, 0.1) is 48.3 Å². The molecule has 0 atom stereocenters. The van der Waals surface area contributed by atoms with E-state index >= 15 is 0 Å². The lowest BCUT2D eigenvalue weighted by atomic mass is 10.1. The van der Waals surface area contributed by atoms with Crippen LogP contribution in [0.4, 0.5) is 11.4 Å². The van der Waals surface area contributed by atoms with Crippen molar-refractivity contribution in [1.82, 2.24) is 9.97 Å². The van der Waals surface area contributed by atoms with Crippen molar-refractivity contribution in [3.05, 3.63) is 79.7 Å². The summed E-state index contributed by atoms with van der Waals surface area (Å²) in [6.45, 7) is 6.20. The Morgan fingerprint density at radius 3 is 1.26 bits per heavy atom. The predicted molar refractivity (Wildman–Crippen MR) is 129 cm³/mol. The molecule has 8 nitrogen and oxygen atoms in total. The van der Waals surface area contributed by atoms with Crippen LogP contribution in [0.15, 0.2) is 58.1 Å². The van der Waals surface area contributed by atoms with Crippen molar-refractivity contribution in [2.45, 2.75) is 0 Å². The molecule has 2 saturated heterocycles. The third-order valence-corrected chi connectivity index (χ3v) is 6.61. The van der Waals surface area contributed by atoms with E-state index in [1.54, 1.807) is 0 Å². The first kappa shape index (κ1) is 20.9. The van der Waals surface area contributed by atoms with Crippen LogP contribution in [0, 0.1) is 10.4 Å². The highest BCUT2D eigenvalue weighted by atomic mass is 16.5. The molecule has 0 amide bonds. The van der Waals surface area contributed by atoms with Crippen LogP contribution in [-0.4, -0.2) is 62.6 Å². The van der Waals surface area contributed by atoms with E-state index in [0.717, 1.165) is 48.7 Å². The molecule has 2 fully saturated rings. The van der Waals surface area contributed by atoms with Crippen LogP contribution in [0.2, 0.25) is 0 Å². The van der Waals surface area contributed by atoms with Crippen LogP contribution >= 0.6 is 0 Å². The number of nitrogens with zero attached hydrogens (tertiary/aromatic N) is 4. The fourth-order valence-corrected chi connectivity index (χ4v) is 4.80. The molecule has 34 heavy (non-hydrogen) atoms. The molecular formula is C26H24N4O4. The van der Waals surface area contributed by atoms with Crippen molar-refractivity contribution in [2.75, 3.05) is 62.4 Å². The highest BCUT2D eigenvalue weighted by Gasteiger charge is 2.20. The monoisotopic (exact) mass is 456 g/mol. The highest BCUT2D eigenvalue weighted by Crippen LogP contribution is 2.26. The molecular weight excluding hydrogens is 432 g/mol. The number of anilines is 2. The van der Waals surface area contributed by atoms with Crippen molar-refractivity contribution >= 4 is 11.4 Å². The number of benzene rings is 2. The molecule has 6 rings (SSSR count). The van der Waals surface area contributed by atoms with Gasteiger partial charge in [-0.05, 0) is 24.3 Å². The largest absolute Gasteiger partial charge is 0.378 e. The van der Waals surface area contributed by atoms with Crippen molar-refractivity contribution in [3.63, 3.8) is 0 Å². The molecule has 0 aliphatic carbocycles. The van der Waals surface area contributed by atoms with Crippen molar-refractivity contribution in [1.29, 1.82) is 0 Å². The summed E-state index contributed by atoms with van der Waals surface area (Å²) in [5.74, 6) is 0. The molecule has 4 aliphatic rings. The van der Waals surface area contributed by atoms with E-state index in [1.165, 1.54) is 0 Å². The number of aromatic nitrogens is 2. The van der Waals surface area contributed by atoms with E-state index < -0.39 is 11.1 Å². The molecule has 0 unspecified atom stereocenters. The van der Waals surface area contributed by atoms with Crippen LogP contribution in [0.5, 0.6) is 0 Å². The quantitative estimate of drug-likeness (QED) is 0.460. The lowest BCUT2D eigenvalue weighted by Gasteiger charge is -2.28. The second-order valence-corrected chi connectivity index (χ2v) is 8.57. The summed E-state index contributed by atoms with van der Waals surface area (Å²) in [7, 11) is 0. The van der Waals surface area contributed by atoms with Crippen LogP contribution in [-0.2, 0) is 9.47 Å². The van der Waals surface area contributed by atoms with Crippen LogP contribution in [0.3, 0.4) is 0 Å². The maximum atomic E-state index is 12.9. The Bertz CT molecular complexity index is 1330. The minimum atomic E-state index is -0.413. The Hall–Kier alpha value is -3.62. The number of morpholine rings is 2. The van der Waals surface area contributed by atoms with Crippen LogP contribution < -0.4 is 20.9 Å². The van der Waals surface area contributed by atoms with Crippen LogP contribution in [0.25, 0.3) is 22.5 Å². The van der Waals surface area contributed by atoms with E-state index in [2.05, 4.69) is 19.8 Å². The molecule has 0 spiro atoms. The van der Waals surface area contributed by atoms with E-state index in [1.807, 2.05) is 48.5 Å². The Balaban J connectivity index is 1.36. The zero-order valence-corrected chi connectivity index (χ0v) is 18.7. The summed E-state index contributed by atoms with van der Waals surface area (Å²) in [5, 5.41) is 0.604. The van der Waals surface area contributed by atoms with E-state index in [0.29, 0.717) is 48.3 Å². The van der Waals surface area contributed by atoms with E-state index in [4.69, 9.17) is 9.47 Å². The molecule has 0 radical (unpaired) electrons. The highest BCUT2D eigenvalue weighted by molar-refractivity contribution is 5.69. The lowest BCUT2D eigenvalue weighted by molar-refractivity contribution is 0.122. The number of hydrogen-bond donors (Lipinski definition) is 0. The van der Waals surface area contributed by atoms with E-state index in [-0.39, 0.29) is 0 Å². The fourth-order valence-electron chi connectivity index (χ4n) is 4.80. The number of hydrogen-bond acceptors (Lipinski definition) is 8. The lowest BCUT2D eigenvalue weighted by Crippen LogP contribution is -2.36. The van der Waals surface area contributed by atoms with Gasteiger partial charge < -0.3 is 19.3 Å². The maximum Gasteiger partial charge on any atom is 0.280 e. The third kappa shape index (κ3) is 3.65. The minimum Gasteiger partial charge on any atom is -0.378 e. The van der Waals surface area contributed by atoms with Gasteiger partial charge in [0, 0.05) is 48.7 Å². The van der Waals surface area contributed by atoms with Crippen molar-refractivity contribution in [2.24, 2.45) is 0 Å². The van der Waals surface area contributed by atoms with Gasteiger partial charge in [-0.2, -0.15) is 0 Å². The topological polar surface area (TPSA) is 84.9 Å². The number of rotatable bonds is 4. The smallest absolute Gasteiger partial charge is 0.280 e. The molecule has 8 heteroatoms. The zero-order valence-electron chi connectivity index (χ0n) is 18.7. The fraction of sp³-hybridized carbons (Fsp3) is 0.308. The van der Waals surface area contributed by atoms with Gasteiger partial charge in [-0.3, -0.25) is 9.59 Å². The Morgan fingerprint density at radius 2 is 0.912 bits per heavy atom. The van der Waals surface area contributed by atoms with Crippen molar-refractivity contribution in [3.8, 4) is 22.5 Å². The molecule has 4 aliphatic heterocycles. The van der Waals surface area contributed by atoms with Gasteiger partial charge >= 0.3 is 0 Å². The predicted octanol–water partition coefficient (Wildman–Crippen LogP) is 1.80. The molecule has 0 N–H and O–H groups in total. The average Bonchev–Trinajstić information content (AvgIpc) is 3.43. The zero-order chi connectivity index (χ0) is 23.1. The summed E-state index contributed by atoms with van der Waals surface area (Å²) < 4.78 is 10.8. The Kier molecular flexibility index (Phi) is 5.31. The first-order valence-electron chi connectivity index (χ1n) is 11.6. The molecule has 0 saturated carbocycles. The summed E-state index contributed by atoms with van der Waals surface area (Å²) in [6.07, 6.45) is 0. The van der Waals surface area contributed by atoms with Gasteiger partial charge in [0.15, 0.2) is 0 Å². The van der Waals surface area contributed by atoms with Gasteiger partial charge in [0.1, 0.15) is 0 Å². The van der Waals surface area contributed by atoms with Gasteiger partial charge in [-0.1, -0.05) is 24.3 Å². The number of ether oxygens (including phenoxy) is 2. The van der Waals surface area contributed by atoms with Gasteiger partial charge in [-0.25, -0.2) is 9.97 Å². The van der Waals surface area contributed by atoms with Gasteiger partial charge in [-0.15, -0.1) is 0 Å². The van der Waals surface area contributed by atoms with E-state index in [9.17, 15) is 9.59 Å². The first-order valence-corrected chi connectivity index (χ1v) is 11.6. The maximum absolute atomic E-state index is 12.9. The third-order valence-electron chi connectivity index (χ3n) is 6.61. The normalized spacial score (nSPS) is 16.9. The molecule has 172 valence electrons. The summed E-state index contributed by atoms with van der Waals surface area (Å²) in [5.41, 5.74) is 3.63. The molecule has 0 bridgehead atoms. The minimum absolute atomic E-state index is 0.302. The van der Waals surface area contributed by atoms with Crippen molar-refractivity contribution < 1.29 is 9.47 Å². The van der Waals surface area contributed by atoms with Gasteiger partial charge in [0.2, 0.25) is 0 Å². The Labute approximate surface area is 195 Å². The summed E-state index contributed by atoms with van der Waals surface area (Å²) in [4.78, 5) is 38.8. The molecule has 2 aromatic carbocycles. The summed E-state index contributed by atoms with van der Waals surface area (Å²) >= 11 is 0. The first-order chi connectivity index (χ1) is 16.7. The second kappa shape index (κ2) is 8.62. The van der Waals surface area contributed by atoms with Gasteiger partial charge in [0.25, 0.3) is 11.1 Å².